The lowest BCUT2D eigenvalue weighted by Crippen LogP contribution is -2.41. The highest BCUT2D eigenvalue weighted by Crippen LogP contribution is 2.31. The Labute approximate surface area is 110 Å². The number of carbonyl (C=O) groups is 1. The van der Waals surface area contributed by atoms with E-state index in [4.69, 9.17) is 10.2 Å². The van der Waals surface area contributed by atoms with Crippen molar-refractivity contribution in [3.05, 3.63) is 23.7 Å². The lowest BCUT2D eigenvalue weighted by molar-refractivity contribution is -0.175. The molecule has 4 nitrogen and oxygen atoms in total. The van der Waals surface area contributed by atoms with Crippen LogP contribution in [0.5, 0.6) is 0 Å². The third-order valence-electron chi connectivity index (χ3n) is 2.28. The van der Waals surface area contributed by atoms with Crippen molar-refractivity contribution < 1.29 is 22.7 Å². The summed E-state index contributed by atoms with van der Waals surface area (Å²) >= 11 is 0. The summed E-state index contributed by atoms with van der Waals surface area (Å²) in [5.41, 5.74) is 5.33. The number of furan rings is 1. The smallest absolute Gasteiger partial charge is 0.379 e. The van der Waals surface area contributed by atoms with Gasteiger partial charge in [0.2, 0.25) is 0 Å². The van der Waals surface area contributed by atoms with Crippen LogP contribution in [0, 0.1) is 0 Å². The molecule has 0 bridgehead atoms. The van der Waals surface area contributed by atoms with E-state index in [1.165, 1.54) is 13.0 Å². The van der Waals surface area contributed by atoms with E-state index in [0.29, 0.717) is 12.2 Å². The van der Waals surface area contributed by atoms with Crippen LogP contribution in [0.15, 0.2) is 16.5 Å². The maximum Gasteiger partial charge on any atom is 0.379 e. The minimum absolute atomic E-state index is 0. The van der Waals surface area contributed by atoms with E-state index < -0.39 is 17.9 Å². The van der Waals surface area contributed by atoms with E-state index in [1.54, 1.807) is 6.07 Å². The second-order valence-electron chi connectivity index (χ2n) is 3.48. The third kappa shape index (κ3) is 3.43. The van der Waals surface area contributed by atoms with Crippen LogP contribution in [0.4, 0.5) is 8.78 Å². The fraction of sp³-hybridized carbons (Fsp3) is 0.545. The Kier molecular flexibility index (Phi) is 6.28. The standard InChI is InChI=1S/C11H15F2NO3.ClH/c1-3-7-5-6-8(17-7)9(14)11(12,13)10(15)16-4-2;/h5-6,9H,3-4,14H2,1-2H3;1H/t9-;/m1./s1. The molecule has 0 aromatic carbocycles. The molecule has 0 saturated carbocycles. The molecule has 1 rings (SSSR count). The highest BCUT2D eigenvalue weighted by atomic mass is 35.5. The summed E-state index contributed by atoms with van der Waals surface area (Å²) in [5, 5.41) is 0. The second kappa shape index (κ2) is 6.70. The molecule has 18 heavy (non-hydrogen) atoms. The molecule has 0 spiro atoms. The molecule has 0 aliphatic heterocycles. The van der Waals surface area contributed by atoms with Crippen LogP contribution in [0.25, 0.3) is 0 Å². The van der Waals surface area contributed by atoms with Gasteiger partial charge in [-0.3, -0.25) is 0 Å². The van der Waals surface area contributed by atoms with Gasteiger partial charge >= 0.3 is 11.9 Å². The maximum absolute atomic E-state index is 13.5. The molecular weight excluding hydrogens is 268 g/mol. The monoisotopic (exact) mass is 283 g/mol. The van der Waals surface area contributed by atoms with Crippen molar-refractivity contribution in [3.63, 3.8) is 0 Å². The van der Waals surface area contributed by atoms with Crippen LogP contribution < -0.4 is 5.73 Å². The molecule has 0 radical (unpaired) electrons. The van der Waals surface area contributed by atoms with Crippen molar-refractivity contribution in [2.45, 2.75) is 32.2 Å². The SMILES string of the molecule is CCOC(=O)C(F)(F)[C@H](N)c1ccc(CC)o1.Cl. The summed E-state index contributed by atoms with van der Waals surface area (Å²) < 4.78 is 36.4. The molecule has 1 aromatic rings. The molecule has 0 unspecified atom stereocenters. The number of hydrogen-bond donors (Lipinski definition) is 1. The molecule has 0 aliphatic carbocycles. The highest BCUT2D eigenvalue weighted by molar-refractivity contribution is 5.85. The van der Waals surface area contributed by atoms with Crippen molar-refractivity contribution in [1.82, 2.24) is 0 Å². The highest BCUT2D eigenvalue weighted by Gasteiger charge is 2.49. The van der Waals surface area contributed by atoms with Gasteiger partial charge in [-0.2, -0.15) is 8.78 Å². The number of carbonyl (C=O) groups excluding carboxylic acids is 1. The number of rotatable bonds is 5. The first-order valence-corrected chi connectivity index (χ1v) is 5.32. The van der Waals surface area contributed by atoms with Gasteiger partial charge in [-0.15, -0.1) is 12.4 Å². The van der Waals surface area contributed by atoms with Crippen molar-refractivity contribution in [2.75, 3.05) is 6.61 Å². The first kappa shape index (κ1) is 16.9. The van der Waals surface area contributed by atoms with Crippen LogP contribution in [0.1, 0.15) is 31.4 Å². The average molecular weight is 284 g/mol. The Hall–Kier alpha value is -1.14. The quantitative estimate of drug-likeness (QED) is 0.843. The van der Waals surface area contributed by atoms with Crippen molar-refractivity contribution >= 4 is 18.4 Å². The van der Waals surface area contributed by atoms with E-state index in [0.717, 1.165) is 0 Å². The van der Waals surface area contributed by atoms with E-state index in [1.807, 2.05) is 6.92 Å². The van der Waals surface area contributed by atoms with Crippen LogP contribution in [0.2, 0.25) is 0 Å². The van der Waals surface area contributed by atoms with Crippen molar-refractivity contribution in [1.29, 1.82) is 0 Å². The summed E-state index contributed by atoms with van der Waals surface area (Å²) in [6.07, 6.45) is 0.567. The largest absolute Gasteiger partial charge is 0.464 e. The number of alkyl halides is 2. The molecular formula is C11H16ClF2NO3. The van der Waals surface area contributed by atoms with Gasteiger partial charge in [-0.05, 0) is 19.1 Å². The minimum Gasteiger partial charge on any atom is -0.464 e. The lowest BCUT2D eigenvalue weighted by Gasteiger charge is -2.19. The molecule has 0 amide bonds. The van der Waals surface area contributed by atoms with E-state index in [-0.39, 0.29) is 24.8 Å². The Morgan fingerprint density at radius 1 is 1.50 bits per heavy atom. The summed E-state index contributed by atoms with van der Waals surface area (Å²) in [7, 11) is 0. The third-order valence-corrected chi connectivity index (χ3v) is 2.28. The predicted molar refractivity (Wildman–Crippen MR) is 63.8 cm³/mol. The number of esters is 1. The van der Waals surface area contributed by atoms with Crippen LogP contribution in [-0.4, -0.2) is 18.5 Å². The number of hydrogen-bond acceptors (Lipinski definition) is 4. The number of nitrogens with two attached hydrogens (primary N) is 1. The van der Waals surface area contributed by atoms with Gasteiger partial charge < -0.3 is 14.9 Å². The molecule has 7 heteroatoms. The van der Waals surface area contributed by atoms with E-state index >= 15 is 0 Å². The Morgan fingerprint density at radius 3 is 2.56 bits per heavy atom. The number of ether oxygens (including phenoxy) is 1. The first-order chi connectivity index (χ1) is 7.93. The van der Waals surface area contributed by atoms with Crippen molar-refractivity contribution in [3.8, 4) is 0 Å². The molecule has 1 atom stereocenters. The summed E-state index contributed by atoms with van der Waals surface area (Å²) in [6.45, 7) is 3.14. The summed E-state index contributed by atoms with van der Waals surface area (Å²) in [5.74, 6) is -5.02. The topological polar surface area (TPSA) is 65.5 Å². The molecule has 2 N–H and O–H groups in total. The maximum atomic E-state index is 13.5. The van der Waals surface area contributed by atoms with Gasteiger partial charge in [-0.1, -0.05) is 6.92 Å². The molecule has 0 aliphatic rings. The zero-order valence-electron chi connectivity index (χ0n) is 10.1. The second-order valence-corrected chi connectivity index (χ2v) is 3.48. The van der Waals surface area contributed by atoms with E-state index in [9.17, 15) is 13.6 Å². The fourth-order valence-corrected chi connectivity index (χ4v) is 1.28. The van der Waals surface area contributed by atoms with Crippen molar-refractivity contribution in [2.24, 2.45) is 5.73 Å². The molecule has 0 saturated heterocycles. The van der Waals surface area contributed by atoms with Crippen LogP contribution >= 0.6 is 12.4 Å². The van der Waals surface area contributed by atoms with Gasteiger partial charge in [0.25, 0.3) is 0 Å². The molecule has 0 fully saturated rings. The average Bonchev–Trinajstić information content (AvgIpc) is 2.76. The van der Waals surface area contributed by atoms with Gasteiger partial charge in [-0.25, -0.2) is 4.79 Å². The predicted octanol–water partition coefficient (Wildman–Crippen LogP) is 2.46. The summed E-state index contributed by atoms with van der Waals surface area (Å²) in [4.78, 5) is 11.1. The normalized spacial score (nSPS) is 12.7. The van der Waals surface area contributed by atoms with Gasteiger partial charge in [0.15, 0.2) is 0 Å². The lowest BCUT2D eigenvalue weighted by atomic mass is 10.1. The number of aryl methyl sites for hydroxylation is 1. The molecule has 104 valence electrons. The zero-order chi connectivity index (χ0) is 13.1. The van der Waals surface area contributed by atoms with Gasteiger partial charge in [0, 0.05) is 6.42 Å². The zero-order valence-corrected chi connectivity index (χ0v) is 10.9. The minimum atomic E-state index is -3.79. The Morgan fingerprint density at radius 2 is 2.11 bits per heavy atom. The number of halogens is 3. The van der Waals surface area contributed by atoms with Gasteiger partial charge in [0.1, 0.15) is 17.6 Å². The van der Waals surface area contributed by atoms with Crippen LogP contribution in [0.3, 0.4) is 0 Å². The fourth-order valence-electron chi connectivity index (χ4n) is 1.28. The first-order valence-electron chi connectivity index (χ1n) is 5.32. The van der Waals surface area contributed by atoms with E-state index in [2.05, 4.69) is 4.74 Å². The van der Waals surface area contributed by atoms with Crippen LogP contribution in [-0.2, 0) is 16.0 Å². The summed E-state index contributed by atoms with van der Waals surface area (Å²) in [6, 6.07) is 1.06. The molecule has 1 heterocycles. The Bertz CT molecular complexity index is 395. The Balaban J connectivity index is 0.00000289. The molecule has 1 aromatic heterocycles. The van der Waals surface area contributed by atoms with Gasteiger partial charge in [0.05, 0.1) is 6.61 Å².